The van der Waals surface area contributed by atoms with Crippen molar-refractivity contribution in [3.63, 3.8) is 0 Å². The van der Waals surface area contributed by atoms with Gasteiger partial charge in [0.15, 0.2) is 0 Å². The number of rotatable bonds is 5. The topological polar surface area (TPSA) is 21.3 Å². The van der Waals surface area contributed by atoms with Gasteiger partial charge in [0.1, 0.15) is 0 Å². The highest BCUT2D eigenvalue weighted by Gasteiger charge is 2.26. The van der Waals surface area contributed by atoms with Crippen LogP contribution < -0.4 is 5.32 Å². The largest absolute Gasteiger partial charge is 0.401 e. The highest BCUT2D eigenvalue weighted by molar-refractivity contribution is 8.00. The zero-order valence-electron chi connectivity index (χ0n) is 8.64. The van der Waals surface area contributed by atoms with Gasteiger partial charge in [-0.3, -0.25) is 0 Å². The maximum atomic E-state index is 11.8. The van der Waals surface area contributed by atoms with Gasteiger partial charge in [-0.15, -0.1) is 0 Å². The van der Waals surface area contributed by atoms with Crippen LogP contribution >= 0.6 is 11.8 Å². The molecule has 0 aromatic rings. The number of halogens is 3. The Labute approximate surface area is 91.9 Å². The van der Waals surface area contributed by atoms with Crippen molar-refractivity contribution in [1.29, 1.82) is 0 Å². The van der Waals surface area contributed by atoms with Crippen LogP contribution in [0.15, 0.2) is 0 Å². The molecule has 2 nitrogen and oxygen atoms in total. The lowest BCUT2D eigenvalue weighted by Crippen LogP contribution is -2.30. The van der Waals surface area contributed by atoms with Crippen molar-refractivity contribution in [1.82, 2.24) is 5.32 Å². The van der Waals surface area contributed by atoms with Crippen molar-refractivity contribution in [3.8, 4) is 0 Å². The molecule has 1 aliphatic rings. The van der Waals surface area contributed by atoms with E-state index in [1.165, 1.54) is 0 Å². The van der Waals surface area contributed by atoms with Gasteiger partial charge in [-0.1, -0.05) is 0 Å². The molecule has 0 radical (unpaired) electrons. The molecule has 0 aromatic heterocycles. The number of hydrogen-bond acceptors (Lipinski definition) is 3. The summed E-state index contributed by atoms with van der Waals surface area (Å²) in [5.74, 6) is 0.703. The molecule has 0 bridgehead atoms. The van der Waals surface area contributed by atoms with E-state index in [2.05, 4.69) is 5.32 Å². The van der Waals surface area contributed by atoms with Crippen LogP contribution in [-0.2, 0) is 4.74 Å². The molecule has 0 amide bonds. The molecule has 0 saturated carbocycles. The zero-order chi connectivity index (χ0) is 11.3. The van der Waals surface area contributed by atoms with E-state index in [0.29, 0.717) is 17.5 Å². The molecule has 2 unspecified atom stereocenters. The standard InChI is InChI=1S/C9H16F3NOS/c1-7-8(2-4-14-7)15-5-3-13-6-9(10,11)12/h7-8,13H,2-6H2,1H3. The second-order valence-corrected chi connectivity index (χ2v) is 4.91. The van der Waals surface area contributed by atoms with E-state index in [9.17, 15) is 13.2 Å². The molecule has 1 rings (SSSR count). The Balaban J connectivity index is 1.97. The van der Waals surface area contributed by atoms with Crippen LogP contribution in [0.4, 0.5) is 13.2 Å². The minimum atomic E-state index is -4.10. The van der Waals surface area contributed by atoms with Crippen LogP contribution in [0.3, 0.4) is 0 Å². The van der Waals surface area contributed by atoms with E-state index in [-0.39, 0.29) is 6.10 Å². The lowest BCUT2D eigenvalue weighted by Gasteiger charge is -2.13. The first-order valence-corrected chi connectivity index (χ1v) is 6.04. The first kappa shape index (κ1) is 13.1. The van der Waals surface area contributed by atoms with Crippen molar-refractivity contribution < 1.29 is 17.9 Å². The summed E-state index contributed by atoms with van der Waals surface area (Å²) in [5.41, 5.74) is 0. The lowest BCUT2D eigenvalue weighted by atomic mass is 10.3. The molecular formula is C9H16F3NOS. The highest BCUT2D eigenvalue weighted by Crippen LogP contribution is 2.25. The summed E-state index contributed by atoms with van der Waals surface area (Å²) in [6.07, 6.45) is -2.86. The summed E-state index contributed by atoms with van der Waals surface area (Å²) in [7, 11) is 0. The summed E-state index contributed by atoms with van der Waals surface area (Å²) in [6.45, 7) is 2.28. The number of ether oxygens (including phenoxy) is 1. The average molecular weight is 243 g/mol. The fourth-order valence-electron chi connectivity index (χ4n) is 1.44. The number of hydrogen-bond donors (Lipinski definition) is 1. The van der Waals surface area contributed by atoms with Gasteiger partial charge >= 0.3 is 6.18 Å². The first-order chi connectivity index (χ1) is 6.99. The summed E-state index contributed by atoms with van der Waals surface area (Å²) in [5, 5.41) is 2.82. The second kappa shape index (κ2) is 5.96. The predicted molar refractivity (Wildman–Crippen MR) is 55.2 cm³/mol. The third-order valence-corrected chi connectivity index (χ3v) is 3.73. The molecule has 2 atom stereocenters. The SMILES string of the molecule is CC1OCCC1SCCNCC(F)(F)F. The summed E-state index contributed by atoms with van der Waals surface area (Å²) in [4.78, 5) is 0. The molecule has 6 heteroatoms. The van der Waals surface area contributed by atoms with E-state index in [0.717, 1.165) is 13.0 Å². The van der Waals surface area contributed by atoms with Crippen molar-refractivity contribution in [3.05, 3.63) is 0 Å². The predicted octanol–water partition coefficient (Wildman–Crippen LogP) is 2.05. The zero-order valence-corrected chi connectivity index (χ0v) is 9.46. The summed E-state index contributed by atoms with van der Waals surface area (Å²) >= 11 is 1.69. The molecule has 1 aliphatic heterocycles. The summed E-state index contributed by atoms with van der Waals surface area (Å²) in [6, 6.07) is 0. The fraction of sp³-hybridized carbons (Fsp3) is 1.00. The molecular weight excluding hydrogens is 227 g/mol. The minimum Gasteiger partial charge on any atom is -0.377 e. The summed E-state index contributed by atoms with van der Waals surface area (Å²) < 4.78 is 40.6. The Bertz CT molecular complexity index is 189. The maximum absolute atomic E-state index is 11.8. The quantitative estimate of drug-likeness (QED) is 0.747. The van der Waals surface area contributed by atoms with Crippen LogP contribution in [0.25, 0.3) is 0 Å². The van der Waals surface area contributed by atoms with Crippen LogP contribution in [0.1, 0.15) is 13.3 Å². The van der Waals surface area contributed by atoms with Gasteiger partial charge in [-0.2, -0.15) is 24.9 Å². The Hall–Kier alpha value is 0.0600. The van der Waals surface area contributed by atoms with Gasteiger partial charge in [0.2, 0.25) is 0 Å². The van der Waals surface area contributed by atoms with Crippen molar-refractivity contribution in [2.45, 2.75) is 30.9 Å². The number of thioether (sulfide) groups is 1. The minimum absolute atomic E-state index is 0.234. The third-order valence-electron chi connectivity index (χ3n) is 2.24. The van der Waals surface area contributed by atoms with Crippen molar-refractivity contribution >= 4 is 11.8 Å². The van der Waals surface area contributed by atoms with E-state index in [1.54, 1.807) is 11.8 Å². The van der Waals surface area contributed by atoms with Crippen molar-refractivity contribution in [2.24, 2.45) is 0 Å². The first-order valence-electron chi connectivity index (χ1n) is 5.00. The van der Waals surface area contributed by atoms with E-state index < -0.39 is 12.7 Å². The van der Waals surface area contributed by atoms with Gasteiger partial charge in [0.25, 0.3) is 0 Å². The Kier molecular flexibility index (Phi) is 5.22. The molecule has 0 aliphatic carbocycles. The highest BCUT2D eigenvalue weighted by atomic mass is 32.2. The fourth-order valence-corrected chi connectivity index (χ4v) is 2.62. The van der Waals surface area contributed by atoms with Gasteiger partial charge in [-0.25, -0.2) is 0 Å². The monoisotopic (exact) mass is 243 g/mol. The van der Waals surface area contributed by atoms with Crippen LogP contribution in [0.2, 0.25) is 0 Å². The van der Waals surface area contributed by atoms with Gasteiger partial charge < -0.3 is 10.1 Å². The lowest BCUT2D eigenvalue weighted by molar-refractivity contribution is -0.124. The van der Waals surface area contributed by atoms with Gasteiger partial charge in [0, 0.05) is 24.2 Å². The number of alkyl halides is 3. The number of nitrogens with one attached hydrogen (secondary N) is 1. The van der Waals surface area contributed by atoms with Gasteiger partial charge in [0.05, 0.1) is 12.6 Å². The Morgan fingerprint density at radius 3 is 2.73 bits per heavy atom. The van der Waals surface area contributed by atoms with Gasteiger partial charge in [-0.05, 0) is 13.3 Å². The van der Waals surface area contributed by atoms with Crippen LogP contribution in [0, 0.1) is 0 Å². The Morgan fingerprint density at radius 1 is 1.47 bits per heavy atom. The third kappa shape index (κ3) is 5.63. The van der Waals surface area contributed by atoms with E-state index in [1.807, 2.05) is 6.92 Å². The second-order valence-electron chi connectivity index (χ2n) is 3.57. The molecule has 1 heterocycles. The molecule has 15 heavy (non-hydrogen) atoms. The van der Waals surface area contributed by atoms with Crippen LogP contribution in [0.5, 0.6) is 0 Å². The van der Waals surface area contributed by atoms with Crippen molar-refractivity contribution in [2.75, 3.05) is 25.4 Å². The normalized spacial score (nSPS) is 27.2. The van der Waals surface area contributed by atoms with E-state index >= 15 is 0 Å². The molecule has 1 fully saturated rings. The van der Waals surface area contributed by atoms with E-state index in [4.69, 9.17) is 4.74 Å². The molecule has 1 N–H and O–H groups in total. The maximum Gasteiger partial charge on any atom is 0.401 e. The molecule has 0 aromatic carbocycles. The molecule has 0 spiro atoms. The Morgan fingerprint density at radius 2 is 2.20 bits per heavy atom. The van der Waals surface area contributed by atoms with Crippen LogP contribution in [-0.4, -0.2) is 43.0 Å². The molecule has 1 saturated heterocycles. The average Bonchev–Trinajstić information content (AvgIpc) is 2.49. The smallest absolute Gasteiger partial charge is 0.377 e. The molecule has 90 valence electrons.